The van der Waals surface area contributed by atoms with Crippen molar-refractivity contribution in [3.05, 3.63) is 59.7 Å². The van der Waals surface area contributed by atoms with Crippen molar-refractivity contribution in [3.8, 4) is 11.1 Å². The van der Waals surface area contributed by atoms with Crippen molar-refractivity contribution < 1.29 is 29.0 Å². The molecule has 0 bridgehead atoms. The highest BCUT2D eigenvalue weighted by atomic mass is 16.5. The zero-order valence-electron chi connectivity index (χ0n) is 20.3. The largest absolute Gasteiger partial charge is 0.481 e. The number of benzene rings is 2. The average Bonchev–Trinajstić information content (AvgIpc) is 3.44. The second kappa shape index (κ2) is 10.1. The third kappa shape index (κ3) is 5.32. The predicted octanol–water partition coefficient (Wildman–Crippen LogP) is 3.64. The van der Waals surface area contributed by atoms with Gasteiger partial charge < -0.3 is 24.8 Å². The number of carboxylic acids is 1. The molecule has 1 heterocycles. The van der Waals surface area contributed by atoms with Crippen molar-refractivity contribution in [1.29, 1.82) is 0 Å². The van der Waals surface area contributed by atoms with Gasteiger partial charge in [0, 0.05) is 24.9 Å². The highest BCUT2D eigenvalue weighted by Gasteiger charge is 2.38. The maximum atomic E-state index is 12.7. The zero-order valence-corrected chi connectivity index (χ0v) is 20.3. The number of hydrogen-bond donors (Lipinski definition) is 2. The van der Waals surface area contributed by atoms with Crippen LogP contribution in [0.2, 0.25) is 0 Å². The van der Waals surface area contributed by atoms with E-state index in [-0.39, 0.29) is 38.1 Å². The number of nitrogens with zero attached hydrogens (tertiary/aromatic N) is 1. The van der Waals surface area contributed by atoms with Crippen molar-refractivity contribution in [2.75, 3.05) is 26.9 Å². The number of carboxylic acid groups (broad SMARTS) is 1. The molecule has 1 saturated heterocycles. The molecule has 1 aliphatic heterocycles. The van der Waals surface area contributed by atoms with E-state index in [0.29, 0.717) is 6.42 Å². The molecule has 2 aliphatic rings. The molecule has 186 valence electrons. The number of carbonyl (C=O) groups is 3. The van der Waals surface area contributed by atoms with Crippen LogP contribution in [0, 0.1) is 5.92 Å². The van der Waals surface area contributed by atoms with Gasteiger partial charge in [-0.15, -0.1) is 0 Å². The van der Waals surface area contributed by atoms with Crippen LogP contribution >= 0.6 is 0 Å². The van der Waals surface area contributed by atoms with Crippen LogP contribution in [0.3, 0.4) is 0 Å². The summed E-state index contributed by atoms with van der Waals surface area (Å²) in [5.41, 5.74) is 3.93. The van der Waals surface area contributed by atoms with Crippen molar-refractivity contribution in [2.24, 2.45) is 5.92 Å². The van der Waals surface area contributed by atoms with E-state index in [0.717, 1.165) is 22.3 Å². The minimum absolute atomic E-state index is 0.0256. The van der Waals surface area contributed by atoms with Crippen LogP contribution in [0.1, 0.15) is 43.7 Å². The lowest BCUT2D eigenvalue weighted by molar-refractivity contribution is -0.144. The number of ether oxygens (including phenoxy) is 2. The van der Waals surface area contributed by atoms with E-state index in [1.807, 2.05) is 38.1 Å². The summed E-state index contributed by atoms with van der Waals surface area (Å²) in [5.74, 6) is -1.91. The normalized spacial score (nSPS) is 19.1. The molecule has 2 atom stereocenters. The lowest BCUT2D eigenvalue weighted by Gasteiger charge is -2.29. The van der Waals surface area contributed by atoms with Gasteiger partial charge in [0.15, 0.2) is 0 Å². The Balaban J connectivity index is 1.30. The molecule has 0 aromatic heterocycles. The molecule has 0 saturated carbocycles. The van der Waals surface area contributed by atoms with Gasteiger partial charge >= 0.3 is 12.1 Å². The zero-order chi connectivity index (χ0) is 25.2. The van der Waals surface area contributed by atoms with E-state index in [1.54, 1.807) is 7.05 Å². The van der Waals surface area contributed by atoms with E-state index in [9.17, 15) is 19.5 Å². The summed E-state index contributed by atoms with van der Waals surface area (Å²) in [6.45, 7) is 4.20. The molecular formula is C27H32N2O6. The first-order valence-electron chi connectivity index (χ1n) is 11.9. The molecule has 1 aliphatic carbocycles. The Bertz CT molecular complexity index is 1070. The summed E-state index contributed by atoms with van der Waals surface area (Å²) in [6.07, 6.45) is 0.00889. The number of aliphatic carboxylic acids is 1. The van der Waals surface area contributed by atoms with Crippen LogP contribution in [0.4, 0.5) is 4.79 Å². The summed E-state index contributed by atoms with van der Waals surface area (Å²) in [5, 5.41) is 12.2. The molecule has 2 unspecified atom stereocenters. The smallest absolute Gasteiger partial charge is 0.407 e. The first-order valence-corrected chi connectivity index (χ1v) is 11.9. The average molecular weight is 481 g/mol. The molecule has 2 aromatic carbocycles. The van der Waals surface area contributed by atoms with E-state index >= 15 is 0 Å². The quantitative estimate of drug-likeness (QED) is 0.598. The maximum absolute atomic E-state index is 12.7. The predicted molar refractivity (Wildman–Crippen MR) is 130 cm³/mol. The minimum atomic E-state index is -0.968. The van der Waals surface area contributed by atoms with Gasteiger partial charge in [-0.25, -0.2) is 4.79 Å². The summed E-state index contributed by atoms with van der Waals surface area (Å²) in [6, 6.07) is 15.8. The highest BCUT2D eigenvalue weighted by Crippen LogP contribution is 2.44. The fourth-order valence-corrected chi connectivity index (χ4v) is 4.91. The fourth-order valence-electron chi connectivity index (χ4n) is 4.91. The molecular weight excluding hydrogens is 448 g/mol. The molecule has 0 radical (unpaired) electrons. The number of nitrogens with one attached hydrogen (secondary N) is 1. The maximum Gasteiger partial charge on any atom is 0.407 e. The molecule has 35 heavy (non-hydrogen) atoms. The molecule has 4 rings (SSSR count). The summed E-state index contributed by atoms with van der Waals surface area (Å²) < 4.78 is 10.9. The Morgan fingerprint density at radius 2 is 1.66 bits per heavy atom. The molecule has 0 spiro atoms. The standard InChI is InChI=1S/C27H32N2O6/c1-27(2,13-12-24(30)29(3)23-16-34-14-22(23)25(31)32)28-26(33)35-15-21-19-10-6-4-8-17(19)18-9-5-7-11-20(18)21/h4-11,21-23H,12-16H2,1-3H3,(H,28,33)(H,31,32). The van der Waals surface area contributed by atoms with Gasteiger partial charge in [-0.2, -0.15) is 0 Å². The van der Waals surface area contributed by atoms with Crippen LogP contribution in [0.5, 0.6) is 0 Å². The summed E-state index contributed by atoms with van der Waals surface area (Å²) in [4.78, 5) is 38.2. The highest BCUT2D eigenvalue weighted by molar-refractivity contribution is 5.80. The van der Waals surface area contributed by atoms with Crippen LogP contribution in [0.15, 0.2) is 48.5 Å². The van der Waals surface area contributed by atoms with Crippen molar-refractivity contribution in [2.45, 2.75) is 44.2 Å². The molecule has 8 heteroatoms. The fraction of sp³-hybridized carbons (Fsp3) is 0.444. The van der Waals surface area contributed by atoms with Gasteiger partial charge in [-0.1, -0.05) is 48.5 Å². The summed E-state index contributed by atoms with van der Waals surface area (Å²) in [7, 11) is 1.60. The molecule has 2 N–H and O–H groups in total. The molecule has 8 nitrogen and oxygen atoms in total. The van der Waals surface area contributed by atoms with Crippen LogP contribution < -0.4 is 5.32 Å². The lowest BCUT2D eigenvalue weighted by atomic mass is 9.97. The number of amides is 2. The monoisotopic (exact) mass is 480 g/mol. The van der Waals surface area contributed by atoms with Gasteiger partial charge in [-0.3, -0.25) is 9.59 Å². The van der Waals surface area contributed by atoms with Crippen molar-refractivity contribution in [1.82, 2.24) is 10.2 Å². The Kier molecular flexibility index (Phi) is 7.12. The van der Waals surface area contributed by atoms with Crippen molar-refractivity contribution >= 4 is 18.0 Å². The Labute approximate surface area is 205 Å². The van der Waals surface area contributed by atoms with Crippen LogP contribution in [-0.2, 0) is 19.1 Å². The second-order valence-electron chi connectivity index (χ2n) is 9.89. The SMILES string of the molecule is CN(C(=O)CCC(C)(C)NC(=O)OCC1c2ccccc2-c2ccccc21)C1COCC1C(=O)O. The third-order valence-corrected chi connectivity index (χ3v) is 7.01. The molecule has 1 fully saturated rings. The van der Waals surface area contributed by atoms with Crippen LogP contribution in [-0.4, -0.2) is 66.4 Å². The number of hydrogen-bond acceptors (Lipinski definition) is 5. The number of fused-ring (bicyclic) bond motifs is 3. The lowest BCUT2D eigenvalue weighted by Crippen LogP contribution is -2.47. The van der Waals surface area contributed by atoms with E-state index in [4.69, 9.17) is 9.47 Å². The van der Waals surface area contributed by atoms with E-state index in [1.165, 1.54) is 4.90 Å². The van der Waals surface area contributed by atoms with Gasteiger partial charge in [0.05, 0.1) is 19.3 Å². The third-order valence-electron chi connectivity index (χ3n) is 7.01. The van der Waals surface area contributed by atoms with Crippen LogP contribution in [0.25, 0.3) is 11.1 Å². The first-order chi connectivity index (χ1) is 16.7. The Morgan fingerprint density at radius 3 is 2.26 bits per heavy atom. The molecule has 2 aromatic rings. The number of likely N-dealkylation sites (N-methyl/N-ethyl adjacent to an activating group) is 1. The van der Waals surface area contributed by atoms with Crippen molar-refractivity contribution in [3.63, 3.8) is 0 Å². The van der Waals surface area contributed by atoms with Gasteiger partial charge in [-0.05, 0) is 42.5 Å². The Hall–Kier alpha value is -3.39. The first kappa shape index (κ1) is 24.7. The Morgan fingerprint density at radius 1 is 1.06 bits per heavy atom. The topological polar surface area (TPSA) is 105 Å². The van der Waals surface area contributed by atoms with Gasteiger partial charge in [0.25, 0.3) is 0 Å². The summed E-state index contributed by atoms with van der Waals surface area (Å²) >= 11 is 0. The number of carbonyl (C=O) groups excluding carboxylic acids is 2. The van der Waals surface area contributed by atoms with Gasteiger partial charge in [0.2, 0.25) is 5.91 Å². The van der Waals surface area contributed by atoms with Gasteiger partial charge in [0.1, 0.15) is 12.5 Å². The minimum Gasteiger partial charge on any atom is -0.481 e. The van der Waals surface area contributed by atoms with E-state index < -0.39 is 29.6 Å². The van der Waals surface area contributed by atoms with E-state index in [2.05, 4.69) is 29.6 Å². The molecule has 2 amide bonds. The second-order valence-corrected chi connectivity index (χ2v) is 9.89. The number of alkyl carbamates (subject to hydrolysis) is 1. The number of rotatable bonds is 8.